The summed E-state index contributed by atoms with van der Waals surface area (Å²) < 4.78 is 0. The van der Waals surface area contributed by atoms with E-state index in [9.17, 15) is 0 Å². The molecule has 0 bridgehead atoms. The normalized spacial score (nSPS) is 17.9. The Morgan fingerprint density at radius 1 is 1.26 bits per heavy atom. The molecule has 0 unspecified atom stereocenters. The van der Waals surface area contributed by atoms with E-state index in [0.29, 0.717) is 6.04 Å². The number of rotatable bonds is 5. The second-order valence-corrected chi connectivity index (χ2v) is 5.18. The lowest BCUT2D eigenvalue weighted by molar-refractivity contribution is 0.163. The van der Waals surface area contributed by atoms with Crippen molar-refractivity contribution < 1.29 is 0 Å². The summed E-state index contributed by atoms with van der Waals surface area (Å²) in [5.41, 5.74) is 2.10. The Morgan fingerprint density at radius 3 is 2.53 bits per heavy atom. The van der Waals surface area contributed by atoms with Gasteiger partial charge >= 0.3 is 0 Å². The van der Waals surface area contributed by atoms with Gasteiger partial charge in [-0.05, 0) is 24.1 Å². The monoisotopic (exact) mass is 257 g/mol. The Labute approximate surface area is 116 Å². The van der Waals surface area contributed by atoms with E-state index in [1.807, 2.05) is 12.1 Å². The minimum absolute atomic E-state index is 0.509. The van der Waals surface area contributed by atoms with Gasteiger partial charge in [0.2, 0.25) is 0 Å². The molecule has 1 aliphatic rings. The quantitative estimate of drug-likeness (QED) is 0.881. The van der Waals surface area contributed by atoms with Crippen LogP contribution < -0.4 is 5.32 Å². The van der Waals surface area contributed by atoms with Crippen molar-refractivity contribution in [2.45, 2.75) is 32.2 Å². The van der Waals surface area contributed by atoms with Gasteiger partial charge in [0.15, 0.2) is 0 Å². The Hall–Kier alpha value is -1.37. The number of hydrogen-bond acceptors (Lipinski definition) is 3. The minimum atomic E-state index is 0.509. The van der Waals surface area contributed by atoms with Gasteiger partial charge in [-0.15, -0.1) is 0 Å². The second-order valence-electron chi connectivity index (χ2n) is 5.18. The van der Waals surface area contributed by atoms with Crippen molar-refractivity contribution in [3.8, 4) is 6.07 Å². The van der Waals surface area contributed by atoms with Crippen LogP contribution in [0.5, 0.6) is 0 Å². The SMILES string of the molecule is CCCC[C@H](c1ccc(C#N)cc1)N1CCNCC1. The average Bonchev–Trinajstić information content (AvgIpc) is 2.49. The van der Waals surface area contributed by atoms with Crippen molar-refractivity contribution in [3.63, 3.8) is 0 Å². The second kappa shape index (κ2) is 7.28. The van der Waals surface area contributed by atoms with Crippen LogP contribution in [0.2, 0.25) is 0 Å². The van der Waals surface area contributed by atoms with E-state index in [4.69, 9.17) is 5.26 Å². The predicted molar refractivity (Wildman–Crippen MR) is 77.9 cm³/mol. The number of unbranched alkanes of at least 4 members (excludes halogenated alkanes) is 1. The van der Waals surface area contributed by atoms with E-state index in [1.165, 1.54) is 24.8 Å². The first-order chi connectivity index (χ1) is 9.35. The van der Waals surface area contributed by atoms with E-state index in [-0.39, 0.29) is 0 Å². The molecule has 0 spiro atoms. The molecule has 1 N–H and O–H groups in total. The van der Waals surface area contributed by atoms with Gasteiger partial charge < -0.3 is 5.32 Å². The van der Waals surface area contributed by atoms with Crippen LogP contribution in [0.25, 0.3) is 0 Å². The fourth-order valence-electron chi connectivity index (χ4n) is 2.73. The van der Waals surface area contributed by atoms with Crippen LogP contribution >= 0.6 is 0 Å². The maximum absolute atomic E-state index is 8.89. The molecule has 102 valence electrons. The molecule has 0 aliphatic carbocycles. The lowest BCUT2D eigenvalue weighted by Crippen LogP contribution is -2.45. The fourth-order valence-corrected chi connectivity index (χ4v) is 2.73. The van der Waals surface area contributed by atoms with Gasteiger partial charge in [-0.3, -0.25) is 4.90 Å². The molecule has 19 heavy (non-hydrogen) atoms. The molecular weight excluding hydrogens is 234 g/mol. The fraction of sp³-hybridized carbons (Fsp3) is 0.562. The summed E-state index contributed by atoms with van der Waals surface area (Å²) in [6.07, 6.45) is 3.70. The zero-order valence-electron chi connectivity index (χ0n) is 11.7. The van der Waals surface area contributed by atoms with Crippen LogP contribution in [0.4, 0.5) is 0 Å². The van der Waals surface area contributed by atoms with Gasteiger partial charge in [-0.2, -0.15) is 5.26 Å². The van der Waals surface area contributed by atoms with E-state index in [0.717, 1.165) is 31.7 Å². The van der Waals surface area contributed by atoms with E-state index >= 15 is 0 Å². The van der Waals surface area contributed by atoms with Gasteiger partial charge in [0.05, 0.1) is 11.6 Å². The van der Waals surface area contributed by atoms with Gasteiger partial charge in [0, 0.05) is 32.2 Å². The lowest BCUT2D eigenvalue weighted by Gasteiger charge is -2.35. The molecule has 1 fully saturated rings. The maximum atomic E-state index is 8.89. The summed E-state index contributed by atoms with van der Waals surface area (Å²) in [5, 5.41) is 12.3. The molecule has 1 aromatic carbocycles. The Bertz CT molecular complexity index is 413. The third-order valence-corrected chi connectivity index (χ3v) is 3.85. The molecule has 3 heteroatoms. The first-order valence-corrected chi connectivity index (χ1v) is 7.30. The highest BCUT2D eigenvalue weighted by atomic mass is 15.2. The van der Waals surface area contributed by atoms with E-state index < -0.39 is 0 Å². The number of piperazine rings is 1. The zero-order valence-corrected chi connectivity index (χ0v) is 11.7. The van der Waals surface area contributed by atoms with Crippen LogP contribution in [-0.4, -0.2) is 31.1 Å². The first kappa shape index (κ1) is 14.0. The molecule has 1 heterocycles. The van der Waals surface area contributed by atoms with Crippen molar-refractivity contribution in [2.24, 2.45) is 0 Å². The molecule has 1 atom stereocenters. The summed E-state index contributed by atoms with van der Waals surface area (Å²) in [6, 6.07) is 10.8. The lowest BCUT2D eigenvalue weighted by atomic mass is 9.98. The molecule has 2 rings (SSSR count). The van der Waals surface area contributed by atoms with Crippen molar-refractivity contribution in [3.05, 3.63) is 35.4 Å². The summed E-state index contributed by atoms with van der Waals surface area (Å²) in [5.74, 6) is 0. The Kier molecular flexibility index (Phi) is 5.38. The van der Waals surface area contributed by atoms with Gasteiger partial charge in [-0.1, -0.05) is 31.9 Å². The molecule has 0 aromatic heterocycles. The van der Waals surface area contributed by atoms with Crippen LogP contribution in [-0.2, 0) is 0 Å². The molecule has 1 saturated heterocycles. The highest BCUT2D eigenvalue weighted by Gasteiger charge is 2.21. The molecular formula is C16H23N3. The largest absolute Gasteiger partial charge is 0.314 e. The van der Waals surface area contributed by atoms with E-state index in [1.54, 1.807) is 0 Å². The smallest absolute Gasteiger partial charge is 0.0991 e. The van der Waals surface area contributed by atoms with Crippen LogP contribution in [0.1, 0.15) is 43.4 Å². The summed E-state index contributed by atoms with van der Waals surface area (Å²) in [7, 11) is 0. The van der Waals surface area contributed by atoms with Crippen LogP contribution in [0, 0.1) is 11.3 Å². The third kappa shape index (κ3) is 3.79. The molecule has 0 amide bonds. The standard InChI is InChI=1S/C16H23N3/c1-2-3-4-16(19-11-9-18-10-12-19)15-7-5-14(13-17)6-8-15/h5-8,16,18H,2-4,9-12H2,1H3/t16-/m1/s1. The zero-order chi connectivity index (χ0) is 13.5. The van der Waals surface area contributed by atoms with Crippen molar-refractivity contribution >= 4 is 0 Å². The Balaban J connectivity index is 2.12. The number of nitrogens with zero attached hydrogens (tertiary/aromatic N) is 2. The topological polar surface area (TPSA) is 39.1 Å². The van der Waals surface area contributed by atoms with Gasteiger partial charge in [0.1, 0.15) is 0 Å². The number of nitriles is 1. The highest BCUT2D eigenvalue weighted by molar-refractivity contribution is 5.33. The average molecular weight is 257 g/mol. The maximum Gasteiger partial charge on any atom is 0.0991 e. The molecule has 0 radical (unpaired) electrons. The Morgan fingerprint density at radius 2 is 1.95 bits per heavy atom. The van der Waals surface area contributed by atoms with E-state index in [2.05, 4.69) is 35.3 Å². The summed E-state index contributed by atoms with van der Waals surface area (Å²) >= 11 is 0. The number of nitrogens with one attached hydrogen (secondary N) is 1. The van der Waals surface area contributed by atoms with Gasteiger partial charge in [-0.25, -0.2) is 0 Å². The highest BCUT2D eigenvalue weighted by Crippen LogP contribution is 2.26. The number of hydrogen-bond donors (Lipinski definition) is 1. The van der Waals surface area contributed by atoms with Crippen molar-refractivity contribution in [1.82, 2.24) is 10.2 Å². The molecule has 1 aromatic rings. The van der Waals surface area contributed by atoms with Crippen molar-refractivity contribution in [1.29, 1.82) is 5.26 Å². The molecule has 0 saturated carbocycles. The number of benzene rings is 1. The summed E-state index contributed by atoms with van der Waals surface area (Å²) in [6.45, 7) is 6.65. The molecule has 1 aliphatic heterocycles. The predicted octanol–water partition coefficient (Wildman–Crippen LogP) is 2.69. The molecule has 3 nitrogen and oxygen atoms in total. The van der Waals surface area contributed by atoms with Gasteiger partial charge in [0.25, 0.3) is 0 Å². The minimum Gasteiger partial charge on any atom is -0.314 e. The van der Waals surface area contributed by atoms with Crippen LogP contribution in [0.3, 0.4) is 0 Å². The first-order valence-electron chi connectivity index (χ1n) is 7.30. The summed E-state index contributed by atoms with van der Waals surface area (Å²) in [4.78, 5) is 2.58. The van der Waals surface area contributed by atoms with Crippen LogP contribution in [0.15, 0.2) is 24.3 Å². The van der Waals surface area contributed by atoms with Crippen molar-refractivity contribution in [2.75, 3.05) is 26.2 Å². The third-order valence-electron chi connectivity index (χ3n) is 3.85.